The standard InChI is InChI=1S/C18H34N4O5/c1-15(23)4-5-16(18(26)27)22-12-9-20(3)7-6-19(2)8-10-21(11-13-22)14-17(24)25/h16H,4-14H2,1-3H3,(H,24,25)(H,26,27). The summed E-state index contributed by atoms with van der Waals surface area (Å²) in [6, 6.07) is -0.736. The summed E-state index contributed by atoms with van der Waals surface area (Å²) in [6.45, 7) is 6.72. The van der Waals surface area contributed by atoms with Gasteiger partial charge in [-0.1, -0.05) is 0 Å². The van der Waals surface area contributed by atoms with E-state index < -0.39 is 18.0 Å². The van der Waals surface area contributed by atoms with Crippen LogP contribution in [0.3, 0.4) is 0 Å². The van der Waals surface area contributed by atoms with Gasteiger partial charge in [-0.15, -0.1) is 0 Å². The number of Topliss-reactive ketones (excluding diaryl/α,β-unsaturated/α-hetero) is 1. The number of carboxylic acids is 2. The Bertz CT molecular complexity index is 502. The molecular formula is C18H34N4O5. The van der Waals surface area contributed by atoms with E-state index in [0.717, 1.165) is 26.2 Å². The molecule has 1 aliphatic rings. The van der Waals surface area contributed by atoms with Gasteiger partial charge < -0.3 is 24.8 Å². The van der Waals surface area contributed by atoms with Crippen LogP contribution >= 0.6 is 0 Å². The minimum absolute atomic E-state index is 0.0248. The van der Waals surface area contributed by atoms with Crippen LogP contribution in [0.1, 0.15) is 19.8 Å². The first-order chi connectivity index (χ1) is 12.7. The Morgan fingerprint density at radius 3 is 1.85 bits per heavy atom. The highest BCUT2D eigenvalue weighted by molar-refractivity contribution is 5.78. The number of carbonyl (C=O) groups excluding carboxylic acids is 1. The van der Waals surface area contributed by atoms with E-state index >= 15 is 0 Å². The van der Waals surface area contributed by atoms with Crippen molar-refractivity contribution >= 4 is 17.7 Å². The van der Waals surface area contributed by atoms with Gasteiger partial charge in [0, 0.05) is 58.8 Å². The number of ketones is 1. The van der Waals surface area contributed by atoms with E-state index in [0.29, 0.717) is 26.2 Å². The van der Waals surface area contributed by atoms with Gasteiger partial charge in [-0.2, -0.15) is 0 Å². The molecule has 0 bridgehead atoms. The number of carbonyl (C=O) groups is 3. The molecule has 1 unspecified atom stereocenters. The second kappa shape index (κ2) is 12.0. The Hall–Kier alpha value is -1.55. The Morgan fingerprint density at radius 1 is 0.852 bits per heavy atom. The molecule has 1 aliphatic heterocycles. The molecule has 1 saturated heterocycles. The van der Waals surface area contributed by atoms with E-state index in [4.69, 9.17) is 5.11 Å². The lowest BCUT2D eigenvalue weighted by Crippen LogP contribution is -2.50. The van der Waals surface area contributed by atoms with E-state index in [1.165, 1.54) is 6.92 Å². The molecule has 2 N–H and O–H groups in total. The molecule has 1 atom stereocenters. The monoisotopic (exact) mass is 386 g/mol. The molecule has 1 heterocycles. The second-order valence-electron chi connectivity index (χ2n) is 7.41. The summed E-state index contributed by atoms with van der Waals surface area (Å²) in [5, 5.41) is 18.8. The maximum absolute atomic E-state index is 11.8. The van der Waals surface area contributed by atoms with Crippen molar-refractivity contribution in [1.82, 2.24) is 19.6 Å². The summed E-state index contributed by atoms with van der Waals surface area (Å²) >= 11 is 0. The van der Waals surface area contributed by atoms with E-state index in [9.17, 15) is 19.5 Å². The van der Waals surface area contributed by atoms with Crippen LogP contribution in [0.15, 0.2) is 0 Å². The topological polar surface area (TPSA) is 105 Å². The van der Waals surface area contributed by atoms with Crippen LogP contribution < -0.4 is 0 Å². The summed E-state index contributed by atoms with van der Waals surface area (Å²) in [5.41, 5.74) is 0. The van der Waals surface area contributed by atoms with Crippen molar-refractivity contribution in [2.45, 2.75) is 25.8 Å². The van der Waals surface area contributed by atoms with Crippen LogP contribution in [0.25, 0.3) is 0 Å². The Balaban J connectivity index is 2.89. The Morgan fingerprint density at radius 2 is 1.33 bits per heavy atom. The van der Waals surface area contributed by atoms with Gasteiger partial charge in [0.1, 0.15) is 11.8 Å². The number of hydrogen-bond donors (Lipinski definition) is 2. The number of carboxylic acid groups (broad SMARTS) is 2. The van der Waals surface area contributed by atoms with Crippen molar-refractivity contribution < 1.29 is 24.6 Å². The third-order valence-electron chi connectivity index (χ3n) is 4.99. The van der Waals surface area contributed by atoms with Crippen LogP contribution in [-0.2, 0) is 14.4 Å². The van der Waals surface area contributed by atoms with Crippen molar-refractivity contribution in [2.75, 3.05) is 73.0 Å². The molecule has 1 fully saturated rings. The van der Waals surface area contributed by atoms with Crippen LogP contribution in [0.5, 0.6) is 0 Å². The average Bonchev–Trinajstić information content (AvgIpc) is 2.57. The number of aliphatic carboxylic acids is 2. The first kappa shape index (κ1) is 23.5. The molecular weight excluding hydrogens is 352 g/mol. The summed E-state index contributed by atoms with van der Waals surface area (Å²) in [4.78, 5) is 42.3. The lowest BCUT2D eigenvalue weighted by atomic mass is 10.1. The highest BCUT2D eigenvalue weighted by Gasteiger charge is 2.27. The molecule has 0 radical (unpaired) electrons. The lowest BCUT2D eigenvalue weighted by molar-refractivity contribution is -0.144. The molecule has 9 nitrogen and oxygen atoms in total. The first-order valence-corrected chi connectivity index (χ1v) is 9.46. The van der Waals surface area contributed by atoms with Crippen LogP contribution in [0, 0.1) is 0 Å². The average molecular weight is 386 g/mol. The predicted molar refractivity (Wildman–Crippen MR) is 102 cm³/mol. The molecule has 0 amide bonds. The fourth-order valence-corrected chi connectivity index (χ4v) is 3.13. The molecule has 27 heavy (non-hydrogen) atoms. The number of likely N-dealkylation sites (N-methyl/N-ethyl adjacent to an activating group) is 2. The van der Waals surface area contributed by atoms with Gasteiger partial charge in [0.15, 0.2) is 0 Å². The molecule has 156 valence electrons. The summed E-state index contributed by atoms with van der Waals surface area (Å²) in [7, 11) is 4.03. The third-order valence-corrected chi connectivity index (χ3v) is 4.99. The molecule has 0 aromatic rings. The molecule has 0 aromatic carbocycles. The van der Waals surface area contributed by atoms with Crippen molar-refractivity contribution in [3.63, 3.8) is 0 Å². The van der Waals surface area contributed by atoms with Crippen LogP contribution in [0.4, 0.5) is 0 Å². The zero-order chi connectivity index (χ0) is 20.4. The number of hydrogen-bond acceptors (Lipinski definition) is 7. The van der Waals surface area contributed by atoms with Gasteiger partial charge in [-0.05, 0) is 27.4 Å². The van der Waals surface area contributed by atoms with Crippen molar-refractivity contribution in [3.8, 4) is 0 Å². The van der Waals surface area contributed by atoms with Gasteiger partial charge >= 0.3 is 11.9 Å². The first-order valence-electron chi connectivity index (χ1n) is 9.46. The predicted octanol–water partition coefficient (Wildman–Crippen LogP) is -0.625. The fourth-order valence-electron chi connectivity index (χ4n) is 3.13. The van der Waals surface area contributed by atoms with Gasteiger partial charge in [-0.3, -0.25) is 19.4 Å². The summed E-state index contributed by atoms with van der Waals surface area (Å²) < 4.78 is 0. The van der Waals surface area contributed by atoms with Crippen LogP contribution in [-0.4, -0.2) is 127 Å². The quantitative estimate of drug-likeness (QED) is 0.592. The number of rotatable bonds is 7. The van der Waals surface area contributed by atoms with E-state index in [1.54, 1.807) is 0 Å². The summed E-state index contributed by atoms with van der Waals surface area (Å²) in [6.07, 6.45) is 0.503. The highest BCUT2D eigenvalue weighted by atomic mass is 16.4. The maximum Gasteiger partial charge on any atom is 0.320 e. The smallest absolute Gasteiger partial charge is 0.320 e. The van der Waals surface area contributed by atoms with Crippen molar-refractivity contribution in [2.24, 2.45) is 0 Å². The molecule has 0 aromatic heterocycles. The minimum Gasteiger partial charge on any atom is -0.480 e. The number of nitrogens with zero attached hydrogens (tertiary/aromatic N) is 4. The molecule has 0 aliphatic carbocycles. The molecule has 0 saturated carbocycles. The normalized spacial score (nSPS) is 21.1. The van der Waals surface area contributed by atoms with Gasteiger partial charge in [0.05, 0.1) is 6.54 Å². The zero-order valence-electron chi connectivity index (χ0n) is 16.8. The van der Waals surface area contributed by atoms with Gasteiger partial charge in [-0.25, -0.2) is 0 Å². The van der Waals surface area contributed by atoms with Crippen molar-refractivity contribution in [1.29, 1.82) is 0 Å². The minimum atomic E-state index is -0.935. The van der Waals surface area contributed by atoms with Crippen LogP contribution in [0.2, 0.25) is 0 Å². The molecule has 0 spiro atoms. The summed E-state index contributed by atoms with van der Waals surface area (Å²) in [5.74, 6) is -1.85. The largest absolute Gasteiger partial charge is 0.480 e. The SMILES string of the molecule is CC(=O)CCC(C(=O)O)N1CCN(C)CCN(C)CCN(CC(=O)O)CC1. The maximum atomic E-state index is 11.8. The van der Waals surface area contributed by atoms with Crippen molar-refractivity contribution in [3.05, 3.63) is 0 Å². The zero-order valence-corrected chi connectivity index (χ0v) is 16.8. The lowest BCUT2D eigenvalue weighted by Gasteiger charge is -2.34. The second-order valence-corrected chi connectivity index (χ2v) is 7.41. The van der Waals surface area contributed by atoms with Gasteiger partial charge in [0.25, 0.3) is 0 Å². The fraction of sp³-hybridized carbons (Fsp3) is 0.833. The van der Waals surface area contributed by atoms with E-state index in [1.807, 2.05) is 23.9 Å². The van der Waals surface area contributed by atoms with Gasteiger partial charge in [0.2, 0.25) is 0 Å². The molecule has 9 heteroatoms. The third kappa shape index (κ3) is 9.81. The Kier molecular flexibility index (Phi) is 10.5. The van der Waals surface area contributed by atoms with E-state index in [-0.39, 0.29) is 25.2 Å². The highest BCUT2D eigenvalue weighted by Crippen LogP contribution is 2.10. The van der Waals surface area contributed by atoms with E-state index in [2.05, 4.69) is 9.80 Å². The Labute approximate surface area is 161 Å². The molecule has 1 rings (SSSR count).